The number of hydrogen-bond donors (Lipinski definition) is 2. The molecule has 29 heavy (non-hydrogen) atoms. The van der Waals surface area contributed by atoms with E-state index >= 15 is 0 Å². The van der Waals surface area contributed by atoms with E-state index in [0.717, 1.165) is 0 Å². The maximum atomic E-state index is 12.2. The number of furan rings is 1. The Morgan fingerprint density at radius 3 is 2.34 bits per heavy atom. The SMILES string of the molecule is COc1cc(/C=C/C(=O)Nc2oc(C)c(C(C)=O)c2C(N)=O)ccc1OC(C)=O. The number of hydrogen-bond acceptors (Lipinski definition) is 7. The summed E-state index contributed by atoms with van der Waals surface area (Å²) in [5.74, 6) is -1.86. The fourth-order valence-corrected chi connectivity index (χ4v) is 2.64. The first-order valence-electron chi connectivity index (χ1n) is 8.43. The molecule has 0 unspecified atom stereocenters. The topological polar surface area (TPSA) is 138 Å². The number of nitrogens with one attached hydrogen (secondary N) is 1. The van der Waals surface area contributed by atoms with Crippen molar-refractivity contribution < 1.29 is 33.1 Å². The molecule has 0 aliphatic rings. The summed E-state index contributed by atoms with van der Waals surface area (Å²) in [5, 5.41) is 2.40. The zero-order chi connectivity index (χ0) is 21.7. The number of ether oxygens (including phenoxy) is 2. The monoisotopic (exact) mass is 400 g/mol. The van der Waals surface area contributed by atoms with E-state index in [2.05, 4.69) is 5.32 Å². The average molecular weight is 400 g/mol. The standard InChI is InChI=1S/C20H20N2O7/c1-10(23)17-11(2)28-20(18(17)19(21)26)22-16(25)8-6-13-5-7-14(29-12(3)24)15(9-13)27-4/h5-9H,1-4H3,(H2,21,26)(H,22,25)/b8-6+. The van der Waals surface area contributed by atoms with Crippen LogP contribution in [-0.2, 0) is 9.59 Å². The van der Waals surface area contributed by atoms with E-state index in [1.165, 1.54) is 46.1 Å². The van der Waals surface area contributed by atoms with Crippen molar-refractivity contribution in [3.8, 4) is 11.5 Å². The van der Waals surface area contributed by atoms with E-state index in [4.69, 9.17) is 19.6 Å². The zero-order valence-corrected chi connectivity index (χ0v) is 16.3. The van der Waals surface area contributed by atoms with E-state index in [1.54, 1.807) is 12.1 Å². The average Bonchev–Trinajstić information content (AvgIpc) is 2.96. The predicted octanol–water partition coefficient (Wildman–Crippen LogP) is 2.48. The van der Waals surface area contributed by atoms with Crippen LogP contribution >= 0.6 is 0 Å². The van der Waals surface area contributed by atoms with E-state index in [9.17, 15) is 19.2 Å². The van der Waals surface area contributed by atoms with E-state index in [0.29, 0.717) is 11.3 Å². The van der Waals surface area contributed by atoms with Crippen LogP contribution in [0.15, 0.2) is 28.7 Å². The number of Topliss-reactive ketones (excluding diaryl/α,β-unsaturated/α-hetero) is 1. The number of rotatable bonds is 7. The van der Waals surface area contributed by atoms with Crippen molar-refractivity contribution in [3.63, 3.8) is 0 Å². The van der Waals surface area contributed by atoms with Crippen molar-refractivity contribution in [1.82, 2.24) is 0 Å². The van der Waals surface area contributed by atoms with Crippen molar-refractivity contribution >= 4 is 35.5 Å². The van der Waals surface area contributed by atoms with Gasteiger partial charge in [0.25, 0.3) is 11.8 Å². The van der Waals surface area contributed by atoms with Crippen LogP contribution in [0.2, 0.25) is 0 Å². The molecule has 0 radical (unpaired) electrons. The van der Waals surface area contributed by atoms with Crippen molar-refractivity contribution in [2.75, 3.05) is 12.4 Å². The number of anilines is 1. The largest absolute Gasteiger partial charge is 0.493 e. The molecular weight excluding hydrogens is 380 g/mol. The number of benzene rings is 1. The van der Waals surface area contributed by atoms with Crippen LogP contribution < -0.4 is 20.5 Å². The molecule has 0 bridgehead atoms. The van der Waals surface area contributed by atoms with Crippen LogP contribution in [0.4, 0.5) is 5.88 Å². The molecule has 2 amide bonds. The third-order valence-electron chi connectivity index (χ3n) is 3.79. The molecule has 0 saturated heterocycles. The van der Waals surface area contributed by atoms with Gasteiger partial charge < -0.3 is 19.6 Å². The lowest BCUT2D eigenvalue weighted by Crippen LogP contribution is -2.18. The number of amides is 2. The highest BCUT2D eigenvalue weighted by molar-refractivity contribution is 6.13. The van der Waals surface area contributed by atoms with Crippen LogP contribution in [0.25, 0.3) is 6.08 Å². The minimum absolute atomic E-state index is 0.0302. The lowest BCUT2D eigenvalue weighted by molar-refractivity contribution is -0.132. The minimum atomic E-state index is -0.892. The molecule has 0 fully saturated rings. The molecule has 1 aromatic carbocycles. The molecule has 0 aliphatic heterocycles. The lowest BCUT2D eigenvalue weighted by Gasteiger charge is -2.08. The van der Waals surface area contributed by atoms with Gasteiger partial charge in [-0.2, -0.15) is 0 Å². The van der Waals surface area contributed by atoms with Crippen LogP contribution in [0.3, 0.4) is 0 Å². The van der Waals surface area contributed by atoms with Gasteiger partial charge in [-0.1, -0.05) is 6.07 Å². The lowest BCUT2D eigenvalue weighted by atomic mass is 10.1. The Labute approximate surface area is 166 Å². The molecule has 3 N–H and O–H groups in total. The molecule has 2 aromatic rings. The second kappa shape index (κ2) is 8.87. The predicted molar refractivity (Wildman–Crippen MR) is 104 cm³/mol. The Balaban J connectivity index is 2.23. The molecule has 9 heteroatoms. The molecule has 1 aromatic heterocycles. The number of carbonyl (C=O) groups is 4. The second-order valence-corrected chi connectivity index (χ2v) is 5.98. The third kappa shape index (κ3) is 5.10. The Hall–Kier alpha value is -3.88. The first kappa shape index (κ1) is 21.4. The molecule has 152 valence electrons. The number of ketones is 1. The molecule has 9 nitrogen and oxygen atoms in total. The number of carbonyl (C=O) groups excluding carboxylic acids is 4. The number of aryl methyl sites for hydroxylation is 1. The number of primary amides is 1. The van der Waals surface area contributed by atoms with Gasteiger partial charge in [-0.15, -0.1) is 0 Å². The van der Waals surface area contributed by atoms with E-state index in [1.807, 2.05) is 0 Å². The van der Waals surface area contributed by atoms with Gasteiger partial charge in [-0.05, 0) is 37.6 Å². The smallest absolute Gasteiger partial charge is 0.308 e. The van der Waals surface area contributed by atoms with Gasteiger partial charge in [-0.25, -0.2) is 0 Å². The molecule has 0 saturated carbocycles. The maximum absolute atomic E-state index is 12.2. The summed E-state index contributed by atoms with van der Waals surface area (Å²) in [6, 6.07) is 4.71. The first-order chi connectivity index (χ1) is 13.6. The molecule has 2 rings (SSSR count). The Bertz CT molecular complexity index is 1020. The van der Waals surface area contributed by atoms with Crippen LogP contribution in [0, 0.1) is 6.92 Å². The fraction of sp³-hybridized carbons (Fsp3) is 0.200. The van der Waals surface area contributed by atoms with Gasteiger partial charge in [0.2, 0.25) is 5.88 Å². The van der Waals surface area contributed by atoms with Gasteiger partial charge in [0.05, 0.1) is 12.7 Å². The van der Waals surface area contributed by atoms with Gasteiger partial charge in [0.1, 0.15) is 11.3 Å². The van der Waals surface area contributed by atoms with Gasteiger partial charge in [0, 0.05) is 13.0 Å². The molecule has 1 heterocycles. The third-order valence-corrected chi connectivity index (χ3v) is 3.79. The Kier molecular flexibility index (Phi) is 6.55. The highest BCUT2D eigenvalue weighted by atomic mass is 16.6. The zero-order valence-electron chi connectivity index (χ0n) is 16.3. The maximum Gasteiger partial charge on any atom is 0.308 e. The quantitative estimate of drug-likeness (QED) is 0.315. The van der Waals surface area contributed by atoms with Gasteiger partial charge in [-0.3, -0.25) is 24.5 Å². The Morgan fingerprint density at radius 2 is 1.79 bits per heavy atom. The van der Waals surface area contributed by atoms with Gasteiger partial charge in [0.15, 0.2) is 17.3 Å². The highest BCUT2D eigenvalue weighted by Gasteiger charge is 2.25. The second-order valence-electron chi connectivity index (χ2n) is 5.98. The van der Waals surface area contributed by atoms with E-state index in [-0.39, 0.29) is 28.5 Å². The molecular formula is C20H20N2O7. The molecule has 0 atom stereocenters. The van der Waals surface area contributed by atoms with Crippen molar-refractivity contribution in [3.05, 3.63) is 46.7 Å². The first-order valence-corrected chi connectivity index (χ1v) is 8.43. The summed E-state index contributed by atoms with van der Waals surface area (Å²) in [6.07, 6.45) is 2.66. The number of nitrogens with two attached hydrogens (primary N) is 1. The Morgan fingerprint density at radius 1 is 1.10 bits per heavy atom. The molecule has 0 spiro atoms. The van der Waals surface area contributed by atoms with Crippen LogP contribution in [0.1, 0.15) is 45.9 Å². The summed E-state index contributed by atoms with van der Waals surface area (Å²) in [7, 11) is 1.42. The van der Waals surface area contributed by atoms with Crippen LogP contribution in [-0.4, -0.2) is 30.7 Å². The summed E-state index contributed by atoms with van der Waals surface area (Å²) in [6.45, 7) is 4.03. The highest BCUT2D eigenvalue weighted by Crippen LogP contribution is 2.29. The van der Waals surface area contributed by atoms with Crippen molar-refractivity contribution in [2.24, 2.45) is 5.73 Å². The summed E-state index contributed by atoms with van der Waals surface area (Å²) in [4.78, 5) is 46.7. The normalized spacial score (nSPS) is 10.6. The van der Waals surface area contributed by atoms with Crippen molar-refractivity contribution in [2.45, 2.75) is 20.8 Å². The number of esters is 1. The van der Waals surface area contributed by atoms with Gasteiger partial charge >= 0.3 is 5.97 Å². The fourth-order valence-electron chi connectivity index (χ4n) is 2.64. The summed E-state index contributed by atoms with van der Waals surface area (Å²) >= 11 is 0. The summed E-state index contributed by atoms with van der Waals surface area (Å²) < 4.78 is 15.5. The summed E-state index contributed by atoms with van der Waals surface area (Å²) in [5.41, 5.74) is 5.76. The molecule has 0 aliphatic carbocycles. The van der Waals surface area contributed by atoms with Crippen LogP contribution in [0.5, 0.6) is 11.5 Å². The number of methoxy groups -OCH3 is 1. The minimum Gasteiger partial charge on any atom is -0.493 e. The van der Waals surface area contributed by atoms with E-state index < -0.39 is 23.6 Å². The van der Waals surface area contributed by atoms with Crippen molar-refractivity contribution in [1.29, 1.82) is 0 Å².